The molecule has 6 heteroatoms. The highest BCUT2D eigenvalue weighted by atomic mass is 35.5. The van der Waals surface area contributed by atoms with E-state index in [9.17, 15) is 4.79 Å². The summed E-state index contributed by atoms with van der Waals surface area (Å²) in [5.41, 5.74) is 1.37. The topological polar surface area (TPSA) is 17.1 Å². The molecule has 2 rings (SSSR count). The van der Waals surface area contributed by atoms with Gasteiger partial charge in [0.25, 0.3) is 5.24 Å². The van der Waals surface area contributed by atoms with Gasteiger partial charge in [-0.05, 0) is 40.9 Å². The maximum Gasteiger partial charge on any atom is 0.254 e. The van der Waals surface area contributed by atoms with Crippen LogP contribution in [0.3, 0.4) is 0 Å². The monoisotopic (exact) mass is 352 g/mol. The molecule has 0 aliphatic carbocycles. The molecule has 0 radical (unpaired) electrons. The minimum absolute atomic E-state index is 0.209. The van der Waals surface area contributed by atoms with E-state index in [-0.39, 0.29) is 25.7 Å². The van der Waals surface area contributed by atoms with Crippen LogP contribution in [0.15, 0.2) is 30.3 Å². The molecule has 0 aliphatic rings. The highest BCUT2D eigenvalue weighted by Gasteiger charge is 2.16. The van der Waals surface area contributed by atoms with Gasteiger partial charge < -0.3 is 0 Å². The second kappa shape index (κ2) is 5.90. The number of hydrogen-bond acceptors (Lipinski definition) is 1. The third-order valence-electron chi connectivity index (χ3n) is 2.50. The van der Waals surface area contributed by atoms with Gasteiger partial charge in [-0.3, -0.25) is 4.79 Å². The average Bonchev–Trinajstić information content (AvgIpc) is 2.34. The molecule has 0 unspecified atom stereocenters. The number of hydrogen-bond donors (Lipinski definition) is 0. The molecular formula is C13H5Cl5O. The van der Waals surface area contributed by atoms with Crippen LogP contribution in [0.2, 0.25) is 20.1 Å². The van der Waals surface area contributed by atoms with Crippen LogP contribution >= 0.6 is 58.0 Å². The molecule has 0 fully saturated rings. The smallest absolute Gasteiger partial charge is 0.254 e. The van der Waals surface area contributed by atoms with Crippen LogP contribution in [0.4, 0.5) is 0 Å². The van der Waals surface area contributed by atoms with Gasteiger partial charge in [-0.2, -0.15) is 0 Å². The van der Waals surface area contributed by atoms with Crippen molar-refractivity contribution in [1.82, 2.24) is 0 Å². The lowest BCUT2D eigenvalue weighted by Crippen LogP contribution is -1.95. The van der Waals surface area contributed by atoms with E-state index in [2.05, 4.69) is 0 Å². The van der Waals surface area contributed by atoms with Crippen molar-refractivity contribution in [2.24, 2.45) is 0 Å². The molecular weight excluding hydrogens is 349 g/mol. The van der Waals surface area contributed by atoms with Crippen LogP contribution in [0.1, 0.15) is 10.4 Å². The Kier molecular flexibility index (Phi) is 4.65. The quantitative estimate of drug-likeness (QED) is 0.454. The van der Waals surface area contributed by atoms with Crippen molar-refractivity contribution in [3.63, 3.8) is 0 Å². The van der Waals surface area contributed by atoms with E-state index in [0.29, 0.717) is 11.1 Å². The molecule has 0 atom stereocenters. The maximum absolute atomic E-state index is 11.5. The van der Waals surface area contributed by atoms with Gasteiger partial charge in [0.2, 0.25) is 0 Å². The van der Waals surface area contributed by atoms with Crippen LogP contribution in [0.5, 0.6) is 0 Å². The van der Waals surface area contributed by atoms with Crippen molar-refractivity contribution in [1.29, 1.82) is 0 Å². The zero-order chi connectivity index (χ0) is 14.2. The van der Waals surface area contributed by atoms with Crippen LogP contribution in [0.25, 0.3) is 11.1 Å². The van der Waals surface area contributed by atoms with Gasteiger partial charge in [-0.1, -0.05) is 58.5 Å². The Bertz CT molecular complexity index is 643. The standard InChI is InChI=1S/C13H5Cl5O/c14-8-3-1-2-7(11(8)13(18)19)6-4-9(15)12(17)10(16)5-6/h1-5H. The lowest BCUT2D eigenvalue weighted by atomic mass is 10.0. The van der Waals surface area contributed by atoms with Gasteiger partial charge in [0, 0.05) is 0 Å². The summed E-state index contributed by atoms with van der Waals surface area (Å²) in [4.78, 5) is 11.5. The van der Waals surface area contributed by atoms with Gasteiger partial charge in [0.1, 0.15) is 0 Å². The van der Waals surface area contributed by atoms with E-state index in [1.165, 1.54) is 0 Å². The minimum Gasteiger partial charge on any atom is -0.276 e. The molecule has 2 aromatic carbocycles. The molecule has 0 amide bonds. The molecule has 0 aromatic heterocycles. The fraction of sp³-hybridized carbons (Fsp3) is 0. The van der Waals surface area contributed by atoms with E-state index in [4.69, 9.17) is 58.0 Å². The zero-order valence-corrected chi connectivity index (χ0v) is 13.0. The molecule has 0 N–H and O–H groups in total. The van der Waals surface area contributed by atoms with Crippen molar-refractivity contribution >= 4 is 63.2 Å². The summed E-state index contributed by atoms with van der Waals surface area (Å²) < 4.78 is 0. The number of rotatable bonds is 2. The van der Waals surface area contributed by atoms with E-state index in [1.807, 2.05) is 0 Å². The van der Waals surface area contributed by atoms with Crippen molar-refractivity contribution in [3.8, 4) is 11.1 Å². The van der Waals surface area contributed by atoms with Gasteiger partial charge in [-0.25, -0.2) is 0 Å². The fourth-order valence-corrected chi connectivity index (χ4v) is 2.78. The summed E-state index contributed by atoms with van der Waals surface area (Å²) in [6, 6.07) is 8.20. The van der Waals surface area contributed by atoms with Crippen LogP contribution in [-0.2, 0) is 0 Å². The first kappa shape index (κ1) is 15.0. The number of carbonyl (C=O) groups is 1. The summed E-state index contributed by atoms with van der Waals surface area (Å²) in [6.07, 6.45) is 0. The lowest BCUT2D eigenvalue weighted by molar-refractivity contribution is 0.108. The first-order valence-electron chi connectivity index (χ1n) is 5.05. The van der Waals surface area contributed by atoms with Crippen LogP contribution in [0, 0.1) is 0 Å². The predicted octanol–water partition coefficient (Wildman–Crippen LogP) is 6.35. The summed E-state index contributed by atoms with van der Waals surface area (Å²) >= 11 is 29.4. The van der Waals surface area contributed by atoms with Crippen molar-refractivity contribution in [3.05, 3.63) is 56.0 Å². The van der Waals surface area contributed by atoms with Gasteiger partial charge in [0.15, 0.2) is 0 Å². The highest BCUT2D eigenvalue weighted by Crippen LogP contribution is 2.37. The molecule has 2 aromatic rings. The summed E-state index contributed by atoms with van der Waals surface area (Å²) in [7, 11) is 0. The Morgan fingerprint density at radius 1 is 0.895 bits per heavy atom. The van der Waals surface area contributed by atoms with Crippen LogP contribution < -0.4 is 0 Å². The van der Waals surface area contributed by atoms with Crippen LogP contribution in [-0.4, -0.2) is 5.24 Å². The Morgan fingerprint density at radius 2 is 1.47 bits per heavy atom. The summed E-state index contributed by atoms with van der Waals surface area (Å²) in [6.45, 7) is 0. The first-order valence-corrected chi connectivity index (χ1v) is 6.94. The largest absolute Gasteiger partial charge is 0.276 e. The SMILES string of the molecule is O=C(Cl)c1c(Cl)cccc1-c1cc(Cl)c(Cl)c(Cl)c1. The summed E-state index contributed by atoms with van der Waals surface area (Å²) in [5, 5.41) is 0.449. The van der Waals surface area contributed by atoms with Crippen molar-refractivity contribution in [2.45, 2.75) is 0 Å². The van der Waals surface area contributed by atoms with E-state index >= 15 is 0 Å². The Balaban J connectivity index is 2.73. The maximum atomic E-state index is 11.5. The first-order chi connectivity index (χ1) is 8.91. The van der Waals surface area contributed by atoms with Gasteiger partial charge in [0.05, 0.1) is 25.7 Å². The molecule has 1 nitrogen and oxygen atoms in total. The summed E-state index contributed by atoms with van der Waals surface area (Å²) in [5.74, 6) is 0. The molecule has 0 saturated heterocycles. The molecule has 0 aliphatic heterocycles. The number of carbonyl (C=O) groups excluding carboxylic acids is 1. The van der Waals surface area contributed by atoms with E-state index < -0.39 is 5.24 Å². The van der Waals surface area contributed by atoms with Gasteiger partial charge >= 0.3 is 0 Å². The second-order valence-corrected chi connectivity index (χ2v) is 5.63. The fourth-order valence-electron chi connectivity index (χ4n) is 1.68. The molecule has 0 spiro atoms. The van der Waals surface area contributed by atoms with Gasteiger partial charge in [-0.15, -0.1) is 0 Å². The lowest BCUT2D eigenvalue weighted by Gasteiger charge is -2.10. The predicted molar refractivity (Wildman–Crippen MR) is 82.1 cm³/mol. The zero-order valence-electron chi connectivity index (χ0n) is 9.18. The van der Waals surface area contributed by atoms with E-state index in [0.717, 1.165) is 0 Å². The highest BCUT2D eigenvalue weighted by molar-refractivity contribution is 6.69. The van der Waals surface area contributed by atoms with Crippen molar-refractivity contribution < 1.29 is 4.79 Å². The molecule has 0 bridgehead atoms. The Morgan fingerprint density at radius 3 is 2.00 bits per heavy atom. The van der Waals surface area contributed by atoms with E-state index in [1.54, 1.807) is 30.3 Å². The molecule has 98 valence electrons. The Hall–Kier alpha value is -0.440. The Labute approximate surface area is 135 Å². The average molecular weight is 354 g/mol. The third-order valence-corrected chi connectivity index (χ3v) is 4.21. The third kappa shape index (κ3) is 3.01. The van der Waals surface area contributed by atoms with Crippen molar-refractivity contribution in [2.75, 3.05) is 0 Å². The second-order valence-electron chi connectivity index (χ2n) is 3.69. The molecule has 0 heterocycles. The molecule has 0 saturated carbocycles. The normalized spacial score (nSPS) is 10.6. The molecule has 19 heavy (non-hydrogen) atoms. The minimum atomic E-state index is -0.650. The number of halogens is 5. The number of benzene rings is 2.